The van der Waals surface area contributed by atoms with E-state index in [4.69, 9.17) is 27.9 Å². The molecule has 0 fully saturated rings. The molecule has 106 valence electrons. The fourth-order valence-corrected chi connectivity index (χ4v) is 2.86. The number of benzene rings is 1. The van der Waals surface area contributed by atoms with Crippen LogP contribution in [-0.4, -0.2) is 17.6 Å². The lowest BCUT2D eigenvalue weighted by atomic mass is 10.3. The monoisotopic (exact) mass is 330 g/mol. The number of anilines is 2. The molecule has 2 rings (SSSR count). The summed E-state index contributed by atoms with van der Waals surface area (Å²) in [5.41, 5.74) is 0.877. The number of halogens is 2. The molecule has 0 radical (unpaired) electrons. The molecule has 0 aliphatic heterocycles. The number of hydrogen-bond acceptors (Lipinski definition) is 5. The molecule has 0 bridgehead atoms. The Bertz CT molecular complexity index is 623. The van der Waals surface area contributed by atoms with Gasteiger partial charge in [0.25, 0.3) is 0 Å². The first-order valence-electron chi connectivity index (χ1n) is 5.88. The van der Waals surface area contributed by atoms with E-state index in [1.165, 1.54) is 11.3 Å². The van der Waals surface area contributed by atoms with Gasteiger partial charge in [-0.3, -0.25) is 0 Å². The second-order valence-electron chi connectivity index (χ2n) is 3.87. The van der Waals surface area contributed by atoms with Crippen LogP contribution in [0.2, 0.25) is 10.0 Å². The van der Waals surface area contributed by atoms with Crippen molar-refractivity contribution in [3.05, 3.63) is 38.8 Å². The zero-order valence-electron chi connectivity index (χ0n) is 10.9. The molecule has 1 N–H and O–H groups in total. The third kappa shape index (κ3) is 3.23. The highest BCUT2D eigenvalue weighted by molar-refractivity contribution is 7.15. The van der Waals surface area contributed by atoms with E-state index in [0.29, 0.717) is 33.2 Å². The highest BCUT2D eigenvalue weighted by Gasteiger charge is 2.17. The van der Waals surface area contributed by atoms with Gasteiger partial charge in [-0.05, 0) is 26.0 Å². The van der Waals surface area contributed by atoms with Crippen LogP contribution in [0.5, 0.6) is 0 Å². The van der Waals surface area contributed by atoms with Crippen molar-refractivity contribution in [1.29, 1.82) is 0 Å². The normalized spacial score (nSPS) is 10.4. The SMILES string of the molecule is CCOC(=O)c1nc(Nc2c(Cl)cccc2Cl)sc1C. The van der Waals surface area contributed by atoms with Crippen LogP contribution in [0.1, 0.15) is 22.3 Å². The molecule has 20 heavy (non-hydrogen) atoms. The van der Waals surface area contributed by atoms with Crippen molar-refractivity contribution in [2.45, 2.75) is 13.8 Å². The van der Waals surface area contributed by atoms with E-state index in [-0.39, 0.29) is 0 Å². The molecule has 2 aromatic rings. The molecule has 0 atom stereocenters. The quantitative estimate of drug-likeness (QED) is 0.827. The number of thiazole rings is 1. The smallest absolute Gasteiger partial charge is 0.358 e. The molecule has 1 aromatic heterocycles. The third-order valence-electron chi connectivity index (χ3n) is 2.46. The van der Waals surface area contributed by atoms with E-state index in [1.54, 1.807) is 25.1 Å². The maximum atomic E-state index is 11.7. The van der Waals surface area contributed by atoms with Gasteiger partial charge in [0.15, 0.2) is 10.8 Å². The molecule has 0 saturated carbocycles. The van der Waals surface area contributed by atoms with Crippen LogP contribution in [0.4, 0.5) is 10.8 Å². The van der Waals surface area contributed by atoms with Crippen LogP contribution in [0, 0.1) is 6.92 Å². The van der Waals surface area contributed by atoms with Gasteiger partial charge in [0.2, 0.25) is 0 Å². The van der Waals surface area contributed by atoms with E-state index in [2.05, 4.69) is 10.3 Å². The molecular weight excluding hydrogens is 319 g/mol. The molecule has 0 saturated heterocycles. The van der Waals surface area contributed by atoms with Crippen LogP contribution in [0.25, 0.3) is 0 Å². The van der Waals surface area contributed by atoms with Gasteiger partial charge >= 0.3 is 5.97 Å². The van der Waals surface area contributed by atoms with Gasteiger partial charge in [0.05, 0.1) is 22.3 Å². The van der Waals surface area contributed by atoms with Crippen molar-refractivity contribution in [3.63, 3.8) is 0 Å². The van der Waals surface area contributed by atoms with E-state index < -0.39 is 5.97 Å². The van der Waals surface area contributed by atoms with Crippen LogP contribution in [0.15, 0.2) is 18.2 Å². The first kappa shape index (κ1) is 15.1. The number of aryl methyl sites for hydroxylation is 1. The summed E-state index contributed by atoms with van der Waals surface area (Å²) < 4.78 is 4.95. The Balaban J connectivity index is 2.27. The summed E-state index contributed by atoms with van der Waals surface area (Å²) >= 11 is 13.5. The number of ether oxygens (including phenoxy) is 1. The lowest BCUT2D eigenvalue weighted by molar-refractivity contribution is 0.0519. The Morgan fingerprint density at radius 3 is 2.65 bits per heavy atom. The number of nitrogens with zero attached hydrogens (tertiary/aromatic N) is 1. The van der Waals surface area contributed by atoms with Crippen LogP contribution >= 0.6 is 34.5 Å². The number of aromatic nitrogens is 1. The summed E-state index contributed by atoms with van der Waals surface area (Å²) in [5.74, 6) is -0.431. The Hall–Kier alpha value is -1.30. The molecule has 7 heteroatoms. The van der Waals surface area contributed by atoms with E-state index in [0.717, 1.165) is 4.88 Å². The summed E-state index contributed by atoms with van der Waals surface area (Å²) in [4.78, 5) is 16.7. The second kappa shape index (κ2) is 6.43. The fraction of sp³-hybridized carbons (Fsp3) is 0.231. The molecule has 0 aliphatic carbocycles. The standard InChI is InChI=1S/C13H12Cl2N2O2S/c1-3-19-12(18)10-7(2)20-13(16-10)17-11-8(14)5-4-6-9(11)15/h4-6H,3H2,1-2H3,(H,16,17). The molecule has 1 aromatic carbocycles. The number of carbonyl (C=O) groups is 1. The summed E-state index contributed by atoms with van der Waals surface area (Å²) in [7, 11) is 0. The van der Waals surface area contributed by atoms with Crippen LogP contribution in [-0.2, 0) is 4.74 Å². The Labute approximate surface area is 130 Å². The van der Waals surface area contributed by atoms with Gasteiger partial charge in [-0.25, -0.2) is 9.78 Å². The number of hydrogen-bond donors (Lipinski definition) is 1. The predicted molar refractivity (Wildman–Crippen MR) is 82.6 cm³/mol. The molecule has 4 nitrogen and oxygen atoms in total. The number of rotatable bonds is 4. The summed E-state index contributed by atoms with van der Waals surface area (Å²) in [6.07, 6.45) is 0. The first-order valence-corrected chi connectivity index (χ1v) is 7.45. The highest BCUT2D eigenvalue weighted by atomic mass is 35.5. The number of nitrogens with one attached hydrogen (secondary N) is 1. The maximum Gasteiger partial charge on any atom is 0.358 e. The molecule has 0 spiro atoms. The molecule has 0 unspecified atom stereocenters. The minimum atomic E-state index is -0.431. The molecule has 1 heterocycles. The van der Waals surface area contributed by atoms with Crippen molar-refractivity contribution >= 4 is 51.3 Å². The molecule has 0 amide bonds. The highest BCUT2D eigenvalue weighted by Crippen LogP contribution is 2.34. The van der Waals surface area contributed by atoms with Gasteiger partial charge in [-0.1, -0.05) is 29.3 Å². The van der Waals surface area contributed by atoms with Crippen molar-refractivity contribution in [1.82, 2.24) is 4.98 Å². The van der Waals surface area contributed by atoms with E-state index in [9.17, 15) is 4.79 Å². The van der Waals surface area contributed by atoms with Gasteiger partial charge < -0.3 is 10.1 Å². The largest absolute Gasteiger partial charge is 0.461 e. The van der Waals surface area contributed by atoms with Crippen molar-refractivity contribution < 1.29 is 9.53 Å². The second-order valence-corrected chi connectivity index (χ2v) is 5.88. The average Bonchev–Trinajstić information content (AvgIpc) is 2.75. The van der Waals surface area contributed by atoms with Crippen LogP contribution in [0.3, 0.4) is 0 Å². The minimum absolute atomic E-state index is 0.308. The first-order chi connectivity index (χ1) is 9.52. The zero-order chi connectivity index (χ0) is 14.7. The Kier molecular flexibility index (Phi) is 4.86. The number of esters is 1. The van der Waals surface area contributed by atoms with Crippen LogP contribution < -0.4 is 5.32 Å². The number of carbonyl (C=O) groups excluding carboxylic acids is 1. The topological polar surface area (TPSA) is 51.2 Å². The van der Waals surface area contributed by atoms with Gasteiger partial charge in [0.1, 0.15) is 0 Å². The Morgan fingerprint density at radius 2 is 2.05 bits per heavy atom. The predicted octanol–water partition coefficient (Wildman–Crippen LogP) is 4.68. The van der Waals surface area contributed by atoms with Crippen molar-refractivity contribution in [2.75, 3.05) is 11.9 Å². The minimum Gasteiger partial charge on any atom is -0.461 e. The number of para-hydroxylation sites is 1. The average molecular weight is 331 g/mol. The van der Waals surface area contributed by atoms with Gasteiger partial charge in [-0.15, -0.1) is 11.3 Å². The van der Waals surface area contributed by atoms with Crippen molar-refractivity contribution in [2.24, 2.45) is 0 Å². The molecule has 0 aliphatic rings. The van der Waals surface area contributed by atoms with Crippen molar-refractivity contribution in [3.8, 4) is 0 Å². The lowest BCUT2D eigenvalue weighted by Gasteiger charge is -2.06. The summed E-state index contributed by atoms with van der Waals surface area (Å²) in [5, 5.41) is 4.55. The zero-order valence-corrected chi connectivity index (χ0v) is 13.2. The van der Waals surface area contributed by atoms with Gasteiger partial charge in [0, 0.05) is 4.88 Å². The Morgan fingerprint density at radius 1 is 1.40 bits per heavy atom. The maximum absolute atomic E-state index is 11.7. The van der Waals surface area contributed by atoms with E-state index >= 15 is 0 Å². The molecular formula is C13H12Cl2N2O2S. The summed E-state index contributed by atoms with van der Waals surface area (Å²) in [6, 6.07) is 5.21. The fourth-order valence-electron chi connectivity index (χ4n) is 1.56. The third-order valence-corrected chi connectivity index (χ3v) is 3.98. The van der Waals surface area contributed by atoms with E-state index in [1.807, 2.05) is 6.92 Å². The lowest BCUT2D eigenvalue weighted by Crippen LogP contribution is -2.06. The summed E-state index contributed by atoms with van der Waals surface area (Å²) in [6.45, 7) is 3.88. The van der Waals surface area contributed by atoms with Gasteiger partial charge in [-0.2, -0.15) is 0 Å².